The number of carbonyl (C=O) groups excluding carboxylic acids is 1. The quantitative estimate of drug-likeness (QED) is 0.109. The van der Waals surface area contributed by atoms with Crippen LogP contribution < -0.4 is 9.47 Å². The van der Waals surface area contributed by atoms with Crippen molar-refractivity contribution >= 4 is 38.1 Å². The predicted molar refractivity (Wildman–Crippen MR) is 132 cm³/mol. The Balaban J connectivity index is 0.000000877. The van der Waals surface area contributed by atoms with Gasteiger partial charge in [0.25, 0.3) is 20.2 Å². The maximum atomic E-state index is 12.9. The lowest BCUT2D eigenvalue weighted by Gasteiger charge is -2.12. The normalized spacial score (nSPS) is 11.3. The van der Waals surface area contributed by atoms with Gasteiger partial charge in [-0.1, -0.05) is 17.2 Å². The van der Waals surface area contributed by atoms with E-state index in [0.717, 1.165) is 11.6 Å². The molecule has 0 spiro atoms. The fourth-order valence-electron chi connectivity index (χ4n) is 2.76. The van der Waals surface area contributed by atoms with E-state index in [2.05, 4.69) is 9.37 Å². The van der Waals surface area contributed by atoms with E-state index in [4.69, 9.17) is 19.3 Å². The molecule has 0 aliphatic rings. The predicted octanol–water partition coefficient (Wildman–Crippen LogP) is 4.21. The van der Waals surface area contributed by atoms with Crippen LogP contribution in [0.4, 0.5) is 0 Å². The second-order valence-corrected chi connectivity index (χ2v) is 10.8. The lowest BCUT2D eigenvalue weighted by atomic mass is 10.0. The van der Waals surface area contributed by atoms with E-state index in [1.165, 1.54) is 25.3 Å². The topological polar surface area (TPSA) is 183 Å². The summed E-state index contributed by atoms with van der Waals surface area (Å²) in [6.07, 6.45) is 0.715. The number of rotatable bonds is 9. The molecule has 0 radical (unpaired) electrons. The highest BCUT2D eigenvalue weighted by Crippen LogP contribution is 2.32. The zero-order valence-electron chi connectivity index (χ0n) is 19.5. The fraction of sp³-hybridized carbons (Fsp3) is 0.136. The largest absolute Gasteiger partial charge is 0.497 e. The van der Waals surface area contributed by atoms with Crippen LogP contribution in [0.2, 0.25) is 0 Å². The van der Waals surface area contributed by atoms with Crippen LogP contribution in [0.25, 0.3) is 0 Å². The van der Waals surface area contributed by atoms with Gasteiger partial charge in [0.05, 0.1) is 25.4 Å². The van der Waals surface area contributed by atoms with Crippen LogP contribution in [0.5, 0.6) is 17.2 Å². The molecule has 3 aromatic rings. The van der Waals surface area contributed by atoms with Crippen molar-refractivity contribution in [2.75, 3.05) is 13.4 Å². The molecule has 12 nitrogen and oxygen atoms in total. The number of ketones is 1. The monoisotopic (exact) mass is 574 g/mol. The second kappa shape index (κ2) is 13.0. The molecule has 0 atom stereocenters. The molecule has 0 aromatic heterocycles. The summed E-state index contributed by atoms with van der Waals surface area (Å²) in [4.78, 5) is 12.9. The van der Waals surface area contributed by atoms with Crippen molar-refractivity contribution in [1.29, 1.82) is 0 Å². The minimum absolute atomic E-state index is 0.0128. The maximum absolute atomic E-state index is 12.9. The Morgan fingerprint density at radius 2 is 1.41 bits per heavy atom. The van der Waals surface area contributed by atoms with Crippen LogP contribution in [0, 0.1) is 6.92 Å². The Hall–Kier alpha value is -3.02. The van der Waals surface area contributed by atoms with Crippen LogP contribution in [0.1, 0.15) is 21.5 Å². The number of aryl methyl sites for hydroxylation is 1. The first-order valence-corrected chi connectivity index (χ1v) is 13.9. The van der Waals surface area contributed by atoms with E-state index < -0.39 is 30.9 Å². The van der Waals surface area contributed by atoms with E-state index in [-0.39, 0.29) is 16.9 Å². The van der Waals surface area contributed by atoms with Gasteiger partial charge in [0, 0.05) is 16.0 Å². The Morgan fingerprint density at radius 3 is 1.95 bits per heavy atom. The van der Waals surface area contributed by atoms with Crippen LogP contribution in [0.3, 0.4) is 0 Å². The standard InChI is InChI=1S/C21H18O9S2.CH4O3S/c1-13-3-4-14(11-19(13)31-30-29-23)21(22)15-5-10-18(20(12-15)32(24,25)26)28-17-8-6-16(27-2)7-9-17;1-5(2,3)4/h3-12,23H,1-2H3,(H,24,25,26);1H3,(H,2,3,4). The lowest BCUT2D eigenvalue weighted by molar-refractivity contribution is -0.432. The first-order valence-electron chi connectivity index (χ1n) is 9.89. The molecule has 0 heterocycles. The lowest BCUT2D eigenvalue weighted by Crippen LogP contribution is -2.07. The van der Waals surface area contributed by atoms with Crippen molar-refractivity contribution in [2.24, 2.45) is 0 Å². The molecule has 0 unspecified atom stereocenters. The summed E-state index contributed by atoms with van der Waals surface area (Å²) in [6.45, 7) is 1.76. The molecule has 0 saturated carbocycles. The summed E-state index contributed by atoms with van der Waals surface area (Å²) in [7, 11) is -6.86. The maximum Gasteiger partial charge on any atom is 0.298 e. The van der Waals surface area contributed by atoms with Gasteiger partial charge in [0.2, 0.25) is 0 Å². The van der Waals surface area contributed by atoms with Crippen molar-refractivity contribution in [3.05, 3.63) is 77.4 Å². The average molecular weight is 575 g/mol. The molecule has 15 heteroatoms. The summed E-state index contributed by atoms with van der Waals surface area (Å²) >= 11 is 0.698. The number of benzene rings is 3. The van der Waals surface area contributed by atoms with Crippen molar-refractivity contribution in [3.8, 4) is 17.2 Å². The van der Waals surface area contributed by atoms with Crippen LogP contribution in [0.15, 0.2) is 70.5 Å². The molecular formula is C22H22O12S3. The third kappa shape index (κ3) is 9.75. The molecule has 0 fully saturated rings. The summed E-state index contributed by atoms with van der Waals surface area (Å²) in [5.41, 5.74) is 0.994. The summed E-state index contributed by atoms with van der Waals surface area (Å²) in [5.74, 6) is 0.237. The van der Waals surface area contributed by atoms with Crippen molar-refractivity contribution < 1.29 is 54.8 Å². The summed E-state index contributed by atoms with van der Waals surface area (Å²) in [6, 6.07) is 14.8. The van der Waals surface area contributed by atoms with Gasteiger partial charge < -0.3 is 9.47 Å². The molecular weight excluding hydrogens is 552 g/mol. The highest BCUT2D eigenvalue weighted by Gasteiger charge is 2.21. The zero-order chi connectivity index (χ0) is 27.8. The SMILES string of the molecule is COc1ccc(Oc2ccc(C(=O)c3ccc(C)c(SOOO)c3)cc2S(=O)(=O)O)cc1.CS(=O)(=O)O. The van der Waals surface area contributed by atoms with Crippen molar-refractivity contribution in [1.82, 2.24) is 0 Å². The first kappa shape index (κ1) is 30.2. The molecule has 200 valence electrons. The van der Waals surface area contributed by atoms with Gasteiger partial charge in [-0.2, -0.15) is 16.8 Å². The molecule has 0 saturated heterocycles. The molecule has 0 aliphatic heterocycles. The molecule has 37 heavy (non-hydrogen) atoms. The number of carbonyl (C=O) groups is 1. The zero-order valence-corrected chi connectivity index (χ0v) is 22.0. The van der Waals surface area contributed by atoms with Crippen LogP contribution in [-0.2, 0) is 29.6 Å². The Morgan fingerprint density at radius 1 is 0.865 bits per heavy atom. The summed E-state index contributed by atoms with van der Waals surface area (Å²) in [5, 5.41) is 11.9. The van der Waals surface area contributed by atoms with E-state index in [9.17, 15) is 26.2 Å². The van der Waals surface area contributed by atoms with Crippen molar-refractivity contribution in [2.45, 2.75) is 16.7 Å². The highest BCUT2D eigenvalue weighted by molar-refractivity contribution is 7.94. The van der Waals surface area contributed by atoms with Gasteiger partial charge in [0.1, 0.15) is 22.1 Å². The number of methoxy groups -OCH3 is 1. The minimum atomic E-state index is -4.70. The van der Waals surface area contributed by atoms with Crippen molar-refractivity contribution in [3.63, 3.8) is 0 Å². The smallest absolute Gasteiger partial charge is 0.298 e. The van der Waals surface area contributed by atoms with Gasteiger partial charge >= 0.3 is 0 Å². The minimum Gasteiger partial charge on any atom is -0.497 e. The van der Waals surface area contributed by atoms with E-state index in [1.807, 2.05) is 0 Å². The Labute approximate surface area is 217 Å². The van der Waals surface area contributed by atoms with Crippen LogP contribution in [-0.4, -0.2) is 50.3 Å². The highest BCUT2D eigenvalue weighted by atomic mass is 32.2. The molecule has 0 bridgehead atoms. The molecule has 3 aromatic carbocycles. The molecule has 3 N–H and O–H groups in total. The molecule has 0 aliphatic carbocycles. The van der Waals surface area contributed by atoms with E-state index in [0.29, 0.717) is 34.7 Å². The fourth-order valence-corrected chi connectivity index (χ4v) is 3.87. The van der Waals surface area contributed by atoms with Crippen LogP contribution >= 0.6 is 12.0 Å². The van der Waals surface area contributed by atoms with Gasteiger partial charge in [-0.15, -0.1) is 4.33 Å². The van der Waals surface area contributed by atoms with E-state index >= 15 is 0 Å². The third-order valence-corrected chi connectivity index (χ3v) is 6.00. The first-order chi connectivity index (χ1) is 17.2. The third-order valence-electron chi connectivity index (χ3n) is 4.38. The van der Waals surface area contributed by atoms with Gasteiger partial charge in [0.15, 0.2) is 5.78 Å². The Bertz CT molecular complexity index is 1440. The number of ether oxygens (including phenoxy) is 2. The second-order valence-electron chi connectivity index (χ2n) is 7.18. The van der Waals surface area contributed by atoms with Gasteiger partial charge in [-0.3, -0.25) is 13.9 Å². The molecule has 0 amide bonds. The average Bonchev–Trinajstić information content (AvgIpc) is 2.82. The van der Waals surface area contributed by atoms with E-state index in [1.54, 1.807) is 43.3 Å². The number of hydrogen-bond acceptors (Lipinski definition) is 11. The van der Waals surface area contributed by atoms with Gasteiger partial charge in [-0.25, -0.2) is 5.26 Å². The Kier molecular flexibility index (Phi) is 10.6. The summed E-state index contributed by atoms with van der Waals surface area (Å²) < 4.78 is 74.5. The number of hydrogen-bond donors (Lipinski definition) is 3. The molecule has 3 rings (SSSR count). The van der Waals surface area contributed by atoms with Gasteiger partial charge in [-0.05, 0) is 61.0 Å².